The molecule has 2 rings (SSSR count). The van der Waals surface area contributed by atoms with Gasteiger partial charge in [-0.3, -0.25) is 0 Å². The Hall–Kier alpha value is -2.30. The van der Waals surface area contributed by atoms with Gasteiger partial charge >= 0.3 is 12.1 Å². The average Bonchev–Trinajstić information content (AvgIpc) is 2.40. The maximum atomic E-state index is 12.5. The average molecular weight is 294 g/mol. The number of halogens is 3. The Morgan fingerprint density at radius 2 is 1.71 bits per heavy atom. The molecule has 0 bridgehead atoms. The van der Waals surface area contributed by atoms with E-state index in [9.17, 15) is 23.1 Å². The number of carboxylic acids is 1. The van der Waals surface area contributed by atoms with Gasteiger partial charge in [-0.15, -0.1) is 0 Å². The Bertz CT molecular complexity index is 658. The highest BCUT2D eigenvalue weighted by atomic mass is 19.4. The maximum Gasteiger partial charge on any atom is 0.416 e. The third kappa shape index (κ3) is 3.62. The van der Waals surface area contributed by atoms with E-state index in [2.05, 4.69) is 0 Å². The second-order valence-corrected chi connectivity index (χ2v) is 4.84. The van der Waals surface area contributed by atoms with Crippen molar-refractivity contribution in [2.45, 2.75) is 19.5 Å². The van der Waals surface area contributed by atoms with Gasteiger partial charge in [-0.1, -0.05) is 29.8 Å². The van der Waals surface area contributed by atoms with Crippen molar-refractivity contribution in [3.8, 4) is 0 Å². The van der Waals surface area contributed by atoms with E-state index in [1.165, 1.54) is 12.1 Å². The first-order chi connectivity index (χ1) is 9.77. The van der Waals surface area contributed by atoms with Gasteiger partial charge in [0.15, 0.2) is 0 Å². The number of carboxylic acid groups (broad SMARTS) is 1. The van der Waals surface area contributed by atoms with Crippen LogP contribution in [0.3, 0.4) is 0 Å². The highest BCUT2D eigenvalue weighted by Crippen LogP contribution is 2.29. The van der Waals surface area contributed by atoms with Gasteiger partial charge in [0.05, 0.1) is 11.1 Å². The summed E-state index contributed by atoms with van der Waals surface area (Å²) in [5.41, 5.74) is 1.49. The molecule has 0 aliphatic carbocycles. The first-order valence-electron chi connectivity index (χ1n) is 6.26. The van der Waals surface area contributed by atoms with Gasteiger partial charge in [-0.2, -0.15) is 13.2 Å². The van der Waals surface area contributed by atoms with Crippen molar-refractivity contribution in [1.82, 2.24) is 0 Å². The van der Waals surface area contributed by atoms with Crippen molar-refractivity contribution >= 4 is 5.97 Å². The Balaban J connectivity index is 2.28. The topological polar surface area (TPSA) is 37.3 Å². The molecule has 2 aromatic carbocycles. The zero-order valence-corrected chi connectivity index (χ0v) is 11.2. The number of aryl methyl sites for hydroxylation is 1. The molecule has 2 nitrogen and oxygen atoms in total. The van der Waals surface area contributed by atoms with Crippen LogP contribution in [-0.4, -0.2) is 11.1 Å². The van der Waals surface area contributed by atoms with Gasteiger partial charge in [-0.25, -0.2) is 4.79 Å². The van der Waals surface area contributed by atoms with Crippen molar-refractivity contribution < 1.29 is 23.1 Å². The van der Waals surface area contributed by atoms with Crippen molar-refractivity contribution in [2.75, 3.05) is 0 Å². The van der Waals surface area contributed by atoms with Gasteiger partial charge < -0.3 is 5.11 Å². The minimum Gasteiger partial charge on any atom is -0.478 e. The molecule has 0 spiro atoms. The molecule has 5 heteroatoms. The van der Waals surface area contributed by atoms with Gasteiger partial charge in [-0.05, 0) is 42.7 Å². The molecule has 0 aliphatic rings. The molecule has 2 aromatic rings. The van der Waals surface area contributed by atoms with Gasteiger partial charge in [0, 0.05) is 0 Å². The van der Waals surface area contributed by atoms with Crippen LogP contribution in [0.25, 0.3) is 0 Å². The summed E-state index contributed by atoms with van der Waals surface area (Å²) in [7, 11) is 0. The fourth-order valence-electron chi connectivity index (χ4n) is 2.08. The summed E-state index contributed by atoms with van der Waals surface area (Å²) in [5, 5.41) is 9.17. The van der Waals surface area contributed by atoms with Crippen molar-refractivity contribution in [2.24, 2.45) is 0 Å². The number of rotatable bonds is 3. The van der Waals surface area contributed by atoms with Crippen LogP contribution < -0.4 is 0 Å². The van der Waals surface area contributed by atoms with E-state index in [4.69, 9.17) is 0 Å². The summed E-state index contributed by atoms with van der Waals surface area (Å²) in [4.78, 5) is 11.2. The lowest BCUT2D eigenvalue weighted by Gasteiger charge is -2.10. The lowest BCUT2D eigenvalue weighted by Crippen LogP contribution is -2.06. The third-order valence-electron chi connectivity index (χ3n) is 3.17. The lowest BCUT2D eigenvalue weighted by molar-refractivity contribution is -0.137. The number of hydrogen-bond acceptors (Lipinski definition) is 1. The first kappa shape index (κ1) is 15.1. The van der Waals surface area contributed by atoms with Crippen LogP contribution in [0.4, 0.5) is 13.2 Å². The smallest absolute Gasteiger partial charge is 0.416 e. The highest BCUT2D eigenvalue weighted by Gasteiger charge is 2.29. The van der Waals surface area contributed by atoms with Crippen LogP contribution in [0.1, 0.15) is 32.6 Å². The SMILES string of the molecule is Cc1ccc(Cc2ccc(C(F)(F)F)cc2)c(C(=O)O)c1. The lowest BCUT2D eigenvalue weighted by atomic mass is 9.97. The fraction of sp³-hybridized carbons (Fsp3) is 0.188. The zero-order valence-electron chi connectivity index (χ0n) is 11.2. The number of aromatic carboxylic acids is 1. The van der Waals surface area contributed by atoms with Crippen LogP contribution >= 0.6 is 0 Å². The molecular weight excluding hydrogens is 281 g/mol. The summed E-state index contributed by atoms with van der Waals surface area (Å²) in [5.74, 6) is -1.04. The molecule has 110 valence electrons. The van der Waals surface area contributed by atoms with Crippen LogP contribution in [0, 0.1) is 6.92 Å². The summed E-state index contributed by atoms with van der Waals surface area (Å²) in [6, 6.07) is 9.78. The van der Waals surface area contributed by atoms with E-state index in [-0.39, 0.29) is 12.0 Å². The molecule has 0 amide bonds. The number of hydrogen-bond donors (Lipinski definition) is 1. The highest BCUT2D eigenvalue weighted by molar-refractivity contribution is 5.89. The second kappa shape index (κ2) is 5.60. The molecule has 0 saturated heterocycles. The third-order valence-corrected chi connectivity index (χ3v) is 3.17. The van der Waals surface area contributed by atoms with Gasteiger partial charge in [0.2, 0.25) is 0 Å². The van der Waals surface area contributed by atoms with Gasteiger partial charge in [0.1, 0.15) is 0 Å². The maximum absolute atomic E-state index is 12.5. The molecule has 0 saturated carbocycles. The second-order valence-electron chi connectivity index (χ2n) is 4.84. The summed E-state index contributed by atoms with van der Waals surface area (Å²) < 4.78 is 37.4. The molecule has 0 radical (unpaired) electrons. The Morgan fingerprint density at radius 1 is 1.10 bits per heavy atom. The molecule has 0 aromatic heterocycles. The normalized spacial score (nSPS) is 11.4. The number of carbonyl (C=O) groups is 1. The number of benzene rings is 2. The molecule has 0 aliphatic heterocycles. The van der Waals surface area contributed by atoms with Crippen LogP contribution in [0.5, 0.6) is 0 Å². The molecular formula is C16H13F3O2. The first-order valence-corrected chi connectivity index (χ1v) is 6.26. The minimum absolute atomic E-state index is 0.176. The Labute approximate surface area is 119 Å². The fourth-order valence-corrected chi connectivity index (χ4v) is 2.08. The molecule has 21 heavy (non-hydrogen) atoms. The Kier molecular flexibility index (Phi) is 4.02. The van der Waals surface area contributed by atoms with E-state index < -0.39 is 17.7 Å². The number of alkyl halides is 3. The zero-order chi connectivity index (χ0) is 15.6. The van der Waals surface area contributed by atoms with E-state index >= 15 is 0 Å². The van der Waals surface area contributed by atoms with E-state index in [0.29, 0.717) is 11.1 Å². The van der Waals surface area contributed by atoms with Gasteiger partial charge in [0.25, 0.3) is 0 Å². The summed E-state index contributed by atoms with van der Waals surface area (Å²) in [6.07, 6.45) is -4.09. The Morgan fingerprint density at radius 3 is 2.24 bits per heavy atom. The molecule has 0 unspecified atom stereocenters. The van der Waals surface area contributed by atoms with Crippen LogP contribution in [0.15, 0.2) is 42.5 Å². The quantitative estimate of drug-likeness (QED) is 0.916. The van der Waals surface area contributed by atoms with Crippen LogP contribution in [-0.2, 0) is 12.6 Å². The van der Waals surface area contributed by atoms with E-state index in [1.807, 2.05) is 0 Å². The molecule has 0 heterocycles. The van der Waals surface area contributed by atoms with Crippen molar-refractivity contribution in [3.63, 3.8) is 0 Å². The predicted molar refractivity (Wildman–Crippen MR) is 72.4 cm³/mol. The molecule has 0 fully saturated rings. The summed E-state index contributed by atoms with van der Waals surface area (Å²) in [6.45, 7) is 1.79. The monoisotopic (exact) mass is 294 g/mol. The largest absolute Gasteiger partial charge is 0.478 e. The standard InChI is InChI=1S/C16H13F3O2/c1-10-2-5-12(14(8-10)15(20)21)9-11-3-6-13(7-4-11)16(17,18)19/h2-8H,9H2,1H3,(H,20,21). The summed E-state index contributed by atoms with van der Waals surface area (Å²) >= 11 is 0. The van der Waals surface area contributed by atoms with E-state index in [0.717, 1.165) is 17.7 Å². The van der Waals surface area contributed by atoms with Crippen molar-refractivity contribution in [1.29, 1.82) is 0 Å². The van der Waals surface area contributed by atoms with Crippen LogP contribution in [0.2, 0.25) is 0 Å². The van der Waals surface area contributed by atoms with Crippen molar-refractivity contribution in [3.05, 3.63) is 70.3 Å². The van der Waals surface area contributed by atoms with E-state index in [1.54, 1.807) is 25.1 Å². The minimum atomic E-state index is -4.37. The predicted octanol–water partition coefficient (Wildman–Crippen LogP) is 4.30. The molecule has 1 N–H and O–H groups in total. The molecule has 0 atom stereocenters.